The summed E-state index contributed by atoms with van der Waals surface area (Å²) in [4.78, 5) is 14.5. The molecular weight excluding hydrogens is 212 g/mol. The van der Waals surface area contributed by atoms with Crippen molar-refractivity contribution in [3.05, 3.63) is 0 Å². The van der Waals surface area contributed by atoms with Crippen LogP contribution in [0.15, 0.2) is 0 Å². The molecular formula is C14H26N2O. The van der Waals surface area contributed by atoms with Crippen LogP contribution in [-0.2, 0) is 4.79 Å². The van der Waals surface area contributed by atoms with Gasteiger partial charge in [-0.15, -0.1) is 0 Å². The third-order valence-corrected chi connectivity index (χ3v) is 4.88. The van der Waals surface area contributed by atoms with Crippen molar-refractivity contribution in [2.75, 3.05) is 13.1 Å². The number of carbonyl (C=O) groups is 1. The highest BCUT2D eigenvalue weighted by atomic mass is 16.2. The molecule has 3 heteroatoms. The van der Waals surface area contributed by atoms with Gasteiger partial charge in [0.25, 0.3) is 0 Å². The molecule has 0 aromatic heterocycles. The lowest BCUT2D eigenvalue weighted by atomic mass is 9.72. The van der Waals surface area contributed by atoms with Crippen LogP contribution in [0.5, 0.6) is 0 Å². The molecule has 2 rings (SSSR count). The van der Waals surface area contributed by atoms with E-state index in [1.807, 2.05) is 4.90 Å². The fourth-order valence-electron chi connectivity index (χ4n) is 3.10. The Hall–Kier alpha value is -0.570. The second-order valence-electron chi connectivity index (χ2n) is 6.67. The summed E-state index contributed by atoms with van der Waals surface area (Å²) in [5.74, 6) is 0.796. The van der Waals surface area contributed by atoms with E-state index in [0.29, 0.717) is 11.8 Å². The van der Waals surface area contributed by atoms with Gasteiger partial charge in [-0.1, -0.05) is 40.0 Å². The SMILES string of the molecule is CC(C)C1(N)CN(C(=O)C2(C)CCCCC2)C1. The number of nitrogens with zero attached hydrogens (tertiary/aromatic N) is 1. The Balaban J connectivity index is 1.95. The lowest BCUT2D eigenvalue weighted by molar-refractivity contribution is -0.152. The lowest BCUT2D eigenvalue weighted by Crippen LogP contribution is -2.72. The molecule has 0 spiro atoms. The summed E-state index contributed by atoms with van der Waals surface area (Å²) in [7, 11) is 0. The van der Waals surface area contributed by atoms with E-state index < -0.39 is 0 Å². The van der Waals surface area contributed by atoms with E-state index in [0.717, 1.165) is 25.9 Å². The summed E-state index contributed by atoms with van der Waals surface area (Å²) >= 11 is 0. The Kier molecular flexibility index (Phi) is 3.23. The van der Waals surface area contributed by atoms with E-state index >= 15 is 0 Å². The predicted octanol–water partition coefficient (Wildman–Crippen LogP) is 2.15. The smallest absolute Gasteiger partial charge is 0.228 e. The molecule has 2 aliphatic rings. The van der Waals surface area contributed by atoms with Crippen LogP contribution in [0.2, 0.25) is 0 Å². The molecule has 1 heterocycles. The van der Waals surface area contributed by atoms with Gasteiger partial charge in [-0.2, -0.15) is 0 Å². The number of hydrogen-bond acceptors (Lipinski definition) is 2. The highest BCUT2D eigenvalue weighted by Crippen LogP contribution is 2.40. The van der Waals surface area contributed by atoms with Crippen LogP contribution < -0.4 is 5.73 Å². The standard InChI is InChI=1S/C14H26N2O/c1-11(2)14(15)9-16(10-14)12(17)13(3)7-5-4-6-8-13/h11H,4-10,15H2,1-3H3. The molecule has 0 aromatic carbocycles. The highest BCUT2D eigenvalue weighted by molar-refractivity contribution is 5.83. The largest absolute Gasteiger partial charge is 0.338 e. The summed E-state index contributed by atoms with van der Waals surface area (Å²) in [5, 5.41) is 0. The minimum Gasteiger partial charge on any atom is -0.338 e. The predicted molar refractivity (Wildman–Crippen MR) is 69.5 cm³/mol. The summed E-state index contributed by atoms with van der Waals surface area (Å²) in [6, 6.07) is 0. The van der Waals surface area contributed by atoms with Gasteiger partial charge in [0.2, 0.25) is 5.91 Å². The van der Waals surface area contributed by atoms with Crippen LogP contribution in [0.4, 0.5) is 0 Å². The van der Waals surface area contributed by atoms with Crippen LogP contribution in [0.25, 0.3) is 0 Å². The summed E-state index contributed by atoms with van der Waals surface area (Å²) < 4.78 is 0. The van der Waals surface area contributed by atoms with E-state index in [1.165, 1.54) is 19.3 Å². The number of carbonyl (C=O) groups excluding carboxylic acids is 1. The minimum absolute atomic E-state index is 0.101. The maximum absolute atomic E-state index is 12.5. The maximum atomic E-state index is 12.5. The van der Waals surface area contributed by atoms with E-state index in [1.54, 1.807) is 0 Å². The van der Waals surface area contributed by atoms with Gasteiger partial charge in [0.1, 0.15) is 0 Å². The van der Waals surface area contributed by atoms with Gasteiger partial charge < -0.3 is 10.6 Å². The molecule has 3 nitrogen and oxygen atoms in total. The second-order valence-corrected chi connectivity index (χ2v) is 6.67. The van der Waals surface area contributed by atoms with Crippen molar-refractivity contribution in [3.8, 4) is 0 Å². The zero-order chi connectivity index (χ0) is 12.7. The van der Waals surface area contributed by atoms with Crippen molar-refractivity contribution >= 4 is 5.91 Å². The summed E-state index contributed by atoms with van der Waals surface area (Å²) in [6.07, 6.45) is 5.81. The molecule has 1 aliphatic heterocycles. The molecule has 0 radical (unpaired) electrons. The van der Waals surface area contributed by atoms with Gasteiger partial charge in [-0.05, 0) is 18.8 Å². The third-order valence-electron chi connectivity index (χ3n) is 4.88. The van der Waals surface area contributed by atoms with Crippen molar-refractivity contribution in [2.45, 2.75) is 58.4 Å². The molecule has 0 bridgehead atoms. The molecule has 2 fully saturated rings. The van der Waals surface area contributed by atoms with E-state index in [9.17, 15) is 4.79 Å². The first-order valence-corrected chi connectivity index (χ1v) is 6.96. The molecule has 1 amide bonds. The van der Waals surface area contributed by atoms with Crippen molar-refractivity contribution < 1.29 is 4.79 Å². The fraction of sp³-hybridized carbons (Fsp3) is 0.929. The maximum Gasteiger partial charge on any atom is 0.228 e. The number of amides is 1. The van der Waals surface area contributed by atoms with Crippen LogP contribution in [0.1, 0.15) is 52.9 Å². The van der Waals surface area contributed by atoms with Gasteiger partial charge in [0.15, 0.2) is 0 Å². The Labute approximate surface area is 105 Å². The van der Waals surface area contributed by atoms with Crippen LogP contribution in [0, 0.1) is 11.3 Å². The molecule has 1 aliphatic carbocycles. The first-order valence-electron chi connectivity index (χ1n) is 6.96. The Bertz CT molecular complexity index is 299. The molecule has 1 saturated carbocycles. The minimum atomic E-state index is -0.138. The van der Waals surface area contributed by atoms with Gasteiger partial charge in [0, 0.05) is 18.5 Å². The molecule has 0 atom stereocenters. The Morgan fingerprint density at radius 2 is 1.71 bits per heavy atom. The number of likely N-dealkylation sites (tertiary alicyclic amines) is 1. The van der Waals surface area contributed by atoms with E-state index in [2.05, 4.69) is 20.8 Å². The normalized spacial score (nSPS) is 26.8. The quantitative estimate of drug-likeness (QED) is 0.801. The van der Waals surface area contributed by atoms with Gasteiger partial charge in [-0.3, -0.25) is 4.79 Å². The number of nitrogens with two attached hydrogens (primary N) is 1. The average Bonchev–Trinajstić information content (AvgIpc) is 2.24. The van der Waals surface area contributed by atoms with Crippen LogP contribution in [-0.4, -0.2) is 29.4 Å². The topological polar surface area (TPSA) is 46.3 Å². The van der Waals surface area contributed by atoms with Crippen molar-refractivity contribution in [3.63, 3.8) is 0 Å². The molecule has 0 unspecified atom stereocenters. The van der Waals surface area contributed by atoms with Crippen molar-refractivity contribution in [1.82, 2.24) is 4.90 Å². The summed E-state index contributed by atoms with van der Waals surface area (Å²) in [6.45, 7) is 7.92. The van der Waals surface area contributed by atoms with Gasteiger partial charge in [-0.25, -0.2) is 0 Å². The number of rotatable bonds is 2. The van der Waals surface area contributed by atoms with Crippen molar-refractivity contribution in [1.29, 1.82) is 0 Å². The second kappa shape index (κ2) is 4.27. The van der Waals surface area contributed by atoms with Crippen LogP contribution >= 0.6 is 0 Å². The summed E-state index contributed by atoms with van der Waals surface area (Å²) in [5.41, 5.74) is 6.01. The number of hydrogen-bond donors (Lipinski definition) is 1. The van der Waals surface area contributed by atoms with Gasteiger partial charge >= 0.3 is 0 Å². The molecule has 1 saturated heterocycles. The molecule has 2 N–H and O–H groups in total. The van der Waals surface area contributed by atoms with Crippen LogP contribution in [0.3, 0.4) is 0 Å². The zero-order valence-corrected chi connectivity index (χ0v) is 11.5. The fourth-order valence-corrected chi connectivity index (χ4v) is 3.10. The molecule has 98 valence electrons. The van der Waals surface area contributed by atoms with Gasteiger partial charge in [0.05, 0.1) is 5.54 Å². The third kappa shape index (κ3) is 2.22. The molecule has 0 aromatic rings. The van der Waals surface area contributed by atoms with E-state index in [-0.39, 0.29) is 11.0 Å². The Morgan fingerprint density at radius 1 is 1.18 bits per heavy atom. The molecule has 17 heavy (non-hydrogen) atoms. The first-order chi connectivity index (χ1) is 7.87. The Morgan fingerprint density at radius 3 is 2.18 bits per heavy atom. The monoisotopic (exact) mass is 238 g/mol. The zero-order valence-electron chi connectivity index (χ0n) is 11.5. The van der Waals surface area contributed by atoms with Crippen molar-refractivity contribution in [2.24, 2.45) is 17.1 Å². The van der Waals surface area contributed by atoms with E-state index in [4.69, 9.17) is 5.73 Å². The highest BCUT2D eigenvalue weighted by Gasteiger charge is 2.48. The lowest BCUT2D eigenvalue weighted by Gasteiger charge is -2.53. The average molecular weight is 238 g/mol. The first kappa shape index (κ1) is 12.9.